The second-order valence-electron chi connectivity index (χ2n) is 3.96. The molecule has 0 saturated carbocycles. The van der Waals surface area contributed by atoms with Gasteiger partial charge in [0.2, 0.25) is 0 Å². The van der Waals surface area contributed by atoms with E-state index in [1.54, 1.807) is 0 Å². The van der Waals surface area contributed by atoms with Gasteiger partial charge in [0.25, 0.3) is 0 Å². The van der Waals surface area contributed by atoms with Gasteiger partial charge in [-0.05, 0) is 0 Å². The van der Waals surface area contributed by atoms with Crippen molar-refractivity contribution in [3.8, 4) is 0 Å². The van der Waals surface area contributed by atoms with Crippen molar-refractivity contribution in [2.24, 2.45) is 0 Å². The number of hydrogen-bond donors (Lipinski definition) is 0. The molecule has 0 aliphatic carbocycles. The maximum Gasteiger partial charge on any atom is 1.00 e. The molecule has 0 aromatic heterocycles. The molecule has 0 spiro atoms. The van der Waals surface area contributed by atoms with E-state index < -0.39 is 8.24 Å². The zero-order chi connectivity index (χ0) is 9.33. The van der Waals surface area contributed by atoms with E-state index in [1.807, 2.05) is 19.6 Å². The predicted octanol–water partition coefficient (Wildman–Crippen LogP) is 1.46. The number of unbranched alkanes of at least 4 members (excludes halogenated alkanes) is 3. The summed E-state index contributed by atoms with van der Waals surface area (Å²) in [5, 5.41) is 7.08. The Kier molecular flexibility index (Phi) is 18.2. The summed E-state index contributed by atoms with van der Waals surface area (Å²) in [5.74, 6) is 0. The van der Waals surface area contributed by atoms with Crippen molar-refractivity contribution in [3.05, 3.63) is 5.40 Å². The molecule has 12 heavy (non-hydrogen) atoms. The van der Waals surface area contributed by atoms with Crippen molar-refractivity contribution in [3.63, 3.8) is 0 Å². The third-order valence-electron chi connectivity index (χ3n) is 0.957. The molecule has 0 aliphatic heterocycles. The van der Waals surface area contributed by atoms with E-state index in [1.165, 1.54) is 25.7 Å². The molecule has 0 radical (unpaired) electrons. The molecular formula is C9H24LiNSi. The maximum absolute atomic E-state index is 7.08. The van der Waals surface area contributed by atoms with Crippen LogP contribution in [0.25, 0.3) is 5.40 Å². The van der Waals surface area contributed by atoms with Crippen molar-refractivity contribution in [1.82, 2.24) is 0 Å². The molecule has 0 fully saturated rings. The molecule has 0 heterocycles. The standard InChI is InChI=1S/C6H14.C3H10NSi.Li/c1-3-5-6-4-2;1-5(2,3)4;/h3-6H2,1-2H3;4H,1-3H3;/q;-1;+1. The molecule has 0 aliphatic rings. The summed E-state index contributed by atoms with van der Waals surface area (Å²) in [5.41, 5.74) is 0. The molecule has 0 bridgehead atoms. The fraction of sp³-hybridized carbons (Fsp3) is 1.00. The quantitative estimate of drug-likeness (QED) is 0.465. The van der Waals surface area contributed by atoms with Crippen LogP contribution in [0.2, 0.25) is 19.6 Å². The summed E-state index contributed by atoms with van der Waals surface area (Å²) >= 11 is 0. The van der Waals surface area contributed by atoms with Gasteiger partial charge < -0.3 is 5.40 Å². The molecule has 3 heteroatoms. The van der Waals surface area contributed by atoms with Crippen LogP contribution in [0.5, 0.6) is 0 Å². The van der Waals surface area contributed by atoms with Crippen molar-refractivity contribution in [2.45, 2.75) is 59.2 Å². The fourth-order valence-corrected chi connectivity index (χ4v) is 0.500. The van der Waals surface area contributed by atoms with E-state index in [0.717, 1.165) is 0 Å². The Bertz CT molecular complexity index is 61.4. The molecule has 0 aromatic carbocycles. The SMILES string of the molecule is CCCCCC.C[Si](C)(C)[NH-].[Li+]. The van der Waals surface area contributed by atoms with Gasteiger partial charge in [0.1, 0.15) is 0 Å². The Morgan fingerprint density at radius 2 is 1.08 bits per heavy atom. The van der Waals surface area contributed by atoms with E-state index in [2.05, 4.69) is 13.8 Å². The average molecular weight is 181 g/mol. The van der Waals surface area contributed by atoms with Crippen LogP contribution >= 0.6 is 0 Å². The third kappa shape index (κ3) is 72.3. The topological polar surface area (TPSA) is 23.8 Å². The first-order valence-corrected chi connectivity index (χ1v) is 8.16. The molecule has 1 nitrogen and oxygen atoms in total. The number of nitrogens with one attached hydrogen (secondary N) is 1. The van der Waals surface area contributed by atoms with Gasteiger partial charge in [0.05, 0.1) is 0 Å². The zero-order valence-electron chi connectivity index (χ0n) is 9.83. The van der Waals surface area contributed by atoms with E-state index >= 15 is 0 Å². The van der Waals surface area contributed by atoms with Crippen LogP contribution in [0.3, 0.4) is 0 Å². The van der Waals surface area contributed by atoms with Crippen LogP contribution in [-0.4, -0.2) is 8.24 Å². The molecule has 0 unspecified atom stereocenters. The van der Waals surface area contributed by atoms with Crippen molar-refractivity contribution < 1.29 is 18.9 Å². The van der Waals surface area contributed by atoms with Gasteiger partial charge in [-0.1, -0.05) is 67.4 Å². The van der Waals surface area contributed by atoms with Crippen LogP contribution in [0, 0.1) is 0 Å². The van der Waals surface area contributed by atoms with Crippen molar-refractivity contribution in [2.75, 3.05) is 0 Å². The normalized spacial score (nSPS) is 9.50. The molecule has 70 valence electrons. The molecule has 1 N–H and O–H groups in total. The summed E-state index contributed by atoms with van der Waals surface area (Å²) in [4.78, 5) is 0. The summed E-state index contributed by atoms with van der Waals surface area (Å²) in [6.45, 7) is 10.4. The monoisotopic (exact) mass is 181 g/mol. The molecule has 0 amide bonds. The van der Waals surface area contributed by atoms with E-state index in [4.69, 9.17) is 5.40 Å². The molecule has 0 atom stereocenters. The molecule has 0 aromatic rings. The smallest absolute Gasteiger partial charge is 0.680 e. The van der Waals surface area contributed by atoms with Crippen molar-refractivity contribution in [1.29, 1.82) is 0 Å². The van der Waals surface area contributed by atoms with Crippen LogP contribution < -0.4 is 18.9 Å². The summed E-state index contributed by atoms with van der Waals surface area (Å²) in [6.07, 6.45) is 5.54. The third-order valence-corrected chi connectivity index (χ3v) is 0.957. The van der Waals surface area contributed by atoms with Crippen LogP contribution in [-0.2, 0) is 0 Å². The Morgan fingerprint density at radius 3 is 1.17 bits per heavy atom. The van der Waals surface area contributed by atoms with Crippen LogP contribution in [0.15, 0.2) is 0 Å². The van der Waals surface area contributed by atoms with E-state index in [-0.39, 0.29) is 18.9 Å². The Labute approximate surface area is 91.8 Å². The Hall–Kier alpha value is 0.774. The maximum atomic E-state index is 7.08. The summed E-state index contributed by atoms with van der Waals surface area (Å²) in [6, 6.07) is 0. The Balaban J connectivity index is -0.000000126. The van der Waals surface area contributed by atoms with Gasteiger partial charge in [0.15, 0.2) is 0 Å². The second kappa shape index (κ2) is 11.8. The fourth-order valence-electron chi connectivity index (χ4n) is 0.500. The molecular weight excluding hydrogens is 157 g/mol. The number of rotatable bonds is 3. The van der Waals surface area contributed by atoms with Gasteiger partial charge in [-0.3, -0.25) is 0 Å². The van der Waals surface area contributed by atoms with Gasteiger partial charge >= 0.3 is 18.9 Å². The zero-order valence-corrected chi connectivity index (χ0v) is 10.8. The van der Waals surface area contributed by atoms with Crippen LogP contribution in [0.4, 0.5) is 0 Å². The summed E-state index contributed by atoms with van der Waals surface area (Å²) in [7, 11) is -1.36. The van der Waals surface area contributed by atoms with Crippen molar-refractivity contribution >= 4 is 8.24 Å². The van der Waals surface area contributed by atoms with E-state index in [9.17, 15) is 0 Å². The second-order valence-corrected chi connectivity index (χ2v) is 8.46. The average Bonchev–Trinajstić information content (AvgIpc) is 1.79. The minimum Gasteiger partial charge on any atom is -0.680 e. The van der Waals surface area contributed by atoms with Crippen LogP contribution in [0.1, 0.15) is 39.5 Å². The van der Waals surface area contributed by atoms with Gasteiger partial charge in [-0.2, -0.15) is 0 Å². The first-order chi connectivity index (χ1) is 4.91. The largest absolute Gasteiger partial charge is 1.00 e. The minimum absolute atomic E-state index is 0. The minimum atomic E-state index is -1.36. The Morgan fingerprint density at radius 1 is 0.917 bits per heavy atom. The summed E-state index contributed by atoms with van der Waals surface area (Å²) < 4.78 is 0. The van der Waals surface area contributed by atoms with Gasteiger partial charge in [-0.25, -0.2) is 0 Å². The molecule has 0 rings (SSSR count). The van der Waals surface area contributed by atoms with E-state index in [0.29, 0.717) is 0 Å². The number of hydrogen-bond acceptors (Lipinski definition) is 0. The first kappa shape index (κ1) is 18.5. The molecule has 0 saturated heterocycles. The first-order valence-electron chi connectivity index (χ1n) is 4.66. The van der Waals surface area contributed by atoms with Gasteiger partial charge in [-0.15, -0.1) is 0 Å². The van der Waals surface area contributed by atoms with Gasteiger partial charge in [0, 0.05) is 0 Å². The predicted molar refractivity (Wildman–Crippen MR) is 57.5 cm³/mol.